The van der Waals surface area contributed by atoms with Crippen LogP contribution in [-0.4, -0.2) is 15.0 Å². The Morgan fingerprint density at radius 1 is 0.424 bits per heavy atom. The van der Waals surface area contributed by atoms with Crippen LogP contribution in [0, 0.1) is 0 Å². The monoisotopic (exact) mass is 805 g/mol. The third-order valence-corrected chi connectivity index (χ3v) is 12.7. The Hall–Kier alpha value is -7.25. The normalized spacial score (nSPS) is 16.3. The van der Waals surface area contributed by atoms with Crippen molar-refractivity contribution in [1.29, 1.82) is 0 Å². The SMILES string of the molecule is [2H]c1c([2H])c([2H])c2c(sc3c4c([2H])c([2H])c([2H])c([2H])c4c([2H])c(-c4nc(-c5cccc6oc7cc(-c8ccccc8)ccc7c56)nc(-c5c([2H])c6c([2H])c([2H])c([2H])c([2H])c6c6sc7c([2H])c([2H])c([2H])c([2H])c7c56)n4)c32)c1[2H]. The lowest BCUT2D eigenvalue weighted by Gasteiger charge is -2.13. The third-order valence-electron chi connectivity index (χ3n) is 10.4. The zero-order valence-corrected chi connectivity index (χ0v) is 31.6. The number of rotatable bonds is 4. The number of fused-ring (bicyclic) bond motifs is 13. The van der Waals surface area contributed by atoms with Crippen LogP contribution in [0.2, 0.25) is 0 Å². The average molecular weight is 806 g/mol. The topological polar surface area (TPSA) is 51.8 Å². The number of aromatic nitrogens is 3. The van der Waals surface area contributed by atoms with Crippen LogP contribution in [-0.2, 0) is 0 Å². The molecule has 0 unspecified atom stereocenters. The van der Waals surface area contributed by atoms with Gasteiger partial charge < -0.3 is 4.42 Å². The fourth-order valence-electron chi connectivity index (χ4n) is 7.88. The molecule has 0 aliphatic rings. The summed E-state index contributed by atoms with van der Waals surface area (Å²) in [7, 11) is 0. The number of hydrogen-bond acceptors (Lipinski definition) is 6. The summed E-state index contributed by atoms with van der Waals surface area (Å²) in [6, 6.07) is 10.1. The molecule has 0 saturated heterocycles. The van der Waals surface area contributed by atoms with Crippen molar-refractivity contribution in [3.05, 3.63) is 175 Å². The lowest BCUT2D eigenvalue weighted by molar-refractivity contribution is 0.669. The molecule has 0 atom stereocenters. The standard InChI is InChI=1S/C53H29N3OS2/c1-2-13-30(14-3-1)31-25-26-36-43(29-31)57-42-22-12-21-39(46(36)42)51-54-52(40-27-32-15-4-6-17-34(32)49-47(40)37-19-8-10-23-44(37)58-49)56-53(55-51)41-28-33-16-5-7-18-35(33)50-48(41)38-20-9-11-24-45(38)59-50/h1-29H/i4D,5D,6D,7D,8D,9D,10D,11D,15D,16D,17D,18D,19D,20D,23D,24D,27D,28D. The summed E-state index contributed by atoms with van der Waals surface area (Å²) >= 11 is 1.67. The molecule has 4 nitrogen and oxygen atoms in total. The molecule has 0 aliphatic heterocycles. The van der Waals surface area contributed by atoms with E-state index in [1.807, 2.05) is 48.5 Å². The van der Waals surface area contributed by atoms with Gasteiger partial charge in [-0.15, -0.1) is 22.7 Å². The maximum atomic E-state index is 10.1. The minimum Gasteiger partial charge on any atom is -0.456 e. The molecule has 59 heavy (non-hydrogen) atoms. The first kappa shape index (κ1) is 19.9. The Labute approximate surface area is 370 Å². The summed E-state index contributed by atoms with van der Waals surface area (Å²) < 4.78 is 170. The van der Waals surface area contributed by atoms with Gasteiger partial charge in [0.15, 0.2) is 17.5 Å². The van der Waals surface area contributed by atoms with E-state index in [0.717, 1.165) is 33.8 Å². The van der Waals surface area contributed by atoms with Gasteiger partial charge in [-0.1, -0.05) is 133 Å². The van der Waals surface area contributed by atoms with Gasteiger partial charge in [0.05, 0.1) is 24.7 Å². The molecule has 13 aromatic rings. The van der Waals surface area contributed by atoms with E-state index in [0.29, 0.717) is 27.5 Å². The molecule has 4 aromatic heterocycles. The Kier molecular flexibility index (Phi) is 4.27. The first-order chi connectivity index (χ1) is 36.7. The van der Waals surface area contributed by atoms with E-state index in [9.17, 15) is 8.22 Å². The van der Waals surface area contributed by atoms with Crippen molar-refractivity contribution in [3.63, 3.8) is 0 Å². The van der Waals surface area contributed by atoms with Crippen LogP contribution in [0.5, 0.6) is 0 Å². The maximum absolute atomic E-state index is 10.1. The van der Waals surface area contributed by atoms with E-state index < -0.39 is 109 Å². The van der Waals surface area contributed by atoms with Gasteiger partial charge in [-0.3, -0.25) is 0 Å². The fraction of sp³-hybridized carbons (Fsp3) is 0. The summed E-state index contributed by atoms with van der Waals surface area (Å²) in [5.74, 6) is -0.915. The van der Waals surface area contributed by atoms with Crippen LogP contribution in [0.1, 0.15) is 24.7 Å². The van der Waals surface area contributed by atoms with E-state index in [2.05, 4.69) is 0 Å². The quantitative estimate of drug-likeness (QED) is 0.178. The van der Waals surface area contributed by atoms with Crippen molar-refractivity contribution >= 4 is 107 Å². The highest BCUT2D eigenvalue weighted by Crippen LogP contribution is 2.47. The summed E-state index contributed by atoms with van der Waals surface area (Å²) in [5, 5.41) is -0.0125. The molecule has 0 bridgehead atoms. The van der Waals surface area contributed by atoms with Crippen molar-refractivity contribution < 1.29 is 29.1 Å². The molecule has 0 aliphatic carbocycles. The van der Waals surface area contributed by atoms with Gasteiger partial charge in [0.1, 0.15) is 11.2 Å². The first-order valence-corrected chi connectivity index (χ1v) is 19.8. The van der Waals surface area contributed by atoms with E-state index in [1.165, 1.54) is 0 Å². The van der Waals surface area contributed by atoms with E-state index >= 15 is 0 Å². The predicted molar refractivity (Wildman–Crippen MR) is 250 cm³/mol. The molecule has 9 aromatic carbocycles. The predicted octanol–water partition coefficient (Wildman–Crippen LogP) is 15.5. The Morgan fingerprint density at radius 2 is 0.966 bits per heavy atom. The van der Waals surface area contributed by atoms with Crippen molar-refractivity contribution in [2.75, 3.05) is 0 Å². The molecule has 274 valence electrons. The smallest absolute Gasteiger partial charge is 0.164 e. The van der Waals surface area contributed by atoms with Gasteiger partial charge in [0.2, 0.25) is 0 Å². The van der Waals surface area contributed by atoms with Crippen molar-refractivity contribution in [2.45, 2.75) is 0 Å². The molecule has 6 heteroatoms. The molecule has 0 fully saturated rings. The van der Waals surface area contributed by atoms with Crippen molar-refractivity contribution in [2.24, 2.45) is 0 Å². The molecule has 0 amide bonds. The van der Waals surface area contributed by atoms with E-state index in [-0.39, 0.29) is 90.5 Å². The molecular weight excluding hydrogens is 759 g/mol. The molecular formula is C53H29N3OS2. The lowest BCUT2D eigenvalue weighted by atomic mass is 9.98. The lowest BCUT2D eigenvalue weighted by Crippen LogP contribution is -2.01. The highest BCUT2D eigenvalue weighted by molar-refractivity contribution is 7.27. The zero-order valence-electron chi connectivity index (χ0n) is 47.9. The third kappa shape index (κ3) is 4.97. The van der Waals surface area contributed by atoms with Crippen LogP contribution in [0.3, 0.4) is 0 Å². The highest BCUT2D eigenvalue weighted by atomic mass is 32.1. The molecule has 0 saturated carbocycles. The first-order valence-electron chi connectivity index (χ1n) is 27.2. The summed E-state index contributed by atoms with van der Waals surface area (Å²) in [6.07, 6.45) is 0. The molecule has 13 rings (SSSR count). The van der Waals surface area contributed by atoms with Gasteiger partial charge in [-0.05, 0) is 75.0 Å². The van der Waals surface area contributed by atoms with Crippen LogP contribution in [0.4, 0.5) is 0 Å². The maximum Gasteiger partial charge on any atom is 0.164 e. The fourth-order valence-corrected chi connectivity index (χ4v) is 10.1. The van der Waals surface area contributed by atoms with Gasteiger partial charge in [0.25, 0.3) is 0 Å². The summed E-state index contributed by atoms with van der Waals surface area (Å²) in [4.78, 5) is 15.1. The number of benzene rings is 9. The second-order valence-electron chi connectivity index (χ2n) is 13.7. The minimum absolute atomic E-state index is 0.00302. The van der Waals surface area contributed by atoms with Gasteiger partial charge in [-0.2, -0.15) is 0 Å². The van der Waals surface area contributed by atoms with Crippen LogP contribution in [0.25, 0.3) is 129 Å². The van der Waals surface area contributed by atoms with Gasteiger partial charge in [0, 0.05) is 67.8 Å². The van der Waals surface area contributed by atoms with Crippen molar-refractivity contribution in [3.8, 4) is 45.3 Å². The molecule has 0 spiro atoms. The summed E-state index contributed by atoms with van der Waals surface area (Å²) in [5.41, 5.74) is 2.46. The minimum atomic E-state index is -0.673. The second-order valence-corrected chi connectivity index (χ2v) is 15.7. The zero-order chi connectivity index (χ0) is 54.3. The number of furan rings is 1. The largest absolute Gasteiger partial charge is 0.456 e. The Balaban J connectivity index is 1.26. The van der Waals surface area contributed by atoms with E-state index in [1.54, 1.807) is 18.2 Å². The molecule has 0 N–H and O–H groups in total. The number of hydrogen-bond donors (Lipinski definition) is 0. The molecule has 4 heterocycles. The van der Waals surface area contributed by atoms with Crippen LogP contribution in [0.15, 0.2) is 180 Å². The Bertz CT molecular complexity index is 4700. The van der Waals surface area contributed by atoms with Crippen LogP contribution >= 0.6 is 22.7 Å². The second kappa shape index (κ2) is 12.6. The summed E-state index contributed by atoms with van der Waals surface area (Å²) in [6.45, 7) is 0. The van der Waals surface area contributed by atoms with E-state index in [4.69, 9.17) is 35.8 Å². The van der Waals surface area contributed by atoms with Gasteiger partial charge >= 0.3 is 0 Å². The molecule has 0 radical (unpaired) electrons. The average Bonchev–Trinajstić information content (AvgIpc) is 4.37. The Morgan fingerprint density at radius 3 is 1.58 bits per heavy atom. The van der Waals surface area contributed by atoms with Gasteiger partial charge in [-0.25, -0.2) is 15.0 Å². The number of nitrogens with zero attached hydrogens (tertiary/aromatic N) is 3. The number of thiophene rings is 2. The van der Waals surface area contributed by atoms with Crippen LogP contribution < -0.4 is 0 Å². The highest BCUT2D eigenvalue weighted by Gasteiger charge is 2.23. The van der Waals surface area contributed by atoms with Crippen molar-refractivity contribution in [1.82, 2.24) is 15.0 Å².